The highest BCUT2D eigenvalue weighted by molar-refractivity contribution is 6.22. The predicted octanol–water partition coefficient (Wildman–Crippen LogP) is 1.86. The lowest BCUT2D eigenvalue weighted by atomic mass is 10.0. The molecule has 2 aliphatic heterocycles. The number of nitrogens with zero attached hydrogens (tertiary/aromatic N) is 2. The van der Waals surface area contributed by atoms with E-state index in [1.165, 1.54) is 35.1 Å². The third kappa shape index (κ3) is 2.77. The van der Waals surface area contributed by atoms with Gasteiger partial charge in [-0.15, -0.1) is 0 Å². The summed E-state index contributed by atoms with van der Waals surface area (Å²) in [7, 11) is 1.30. The van der Waals surface area contributed by atoms with Crippen LogP contribution in [0.25, 0.3) is 0 Å². The van der Waals surface area contributed by atoms with E-state index in [0.717, 1.165) is 0 Å². The fourth-order valence-electron chi connectivity index (χ4n) is 3.54. The topological polar surface area (TPSA) is 84.0 Å². The van der Waals surface area contributed by atoms with E-state index in [-0.39, 0.29) is 22.9 Å². The Kier molecular flexibility index (Phi) is 4.34. The zero-order valence-electron chi connectivity index (χ0n) is 15.4. The minimum Gasteiger partial charge on any atom is -0.467 e. The summed E-state index contributed by atoms with van der Waals surface area (Å²) < 4.78 is 4.77. The first-order chi connectivity index (χ1) is 12.2. The van der Waals surface area contributed by atoms with Gasteiger partial charge in [-0.1, -0.05) is 0 Å². The summed E-state index contributed by atoms with van der Waals surface area (Å²) in [5.41, 5.74) is 0.163. The van der Waals surface area contributed by atoms with Crippen molar-refractivity contribution in [3.63, 3.8) is 0 Å². The molecule has 2 heterocycles. The number of hydrogen-bond donors (Lipinski definition) is 0. The number of imide groups is 1. The summed E-state index contributed by atoms with van der Waals surface area (Å²) in [4.78, 5) is 52.6. The third-order valence-corrected chi connectivity index (χ3v) is 4.79. The molecule has 0 aliphatic carbocycles. The van der Waals surface area contributed by atoms with Crippen LogP contribution in [0, 0.1) is 0 Å². The summed E-state index contributed by atoms with van der Waals surface area (Å²) in [5.74, 6) is -1.54. The maximum Gasteiger partial charge on any atom is 0.328 e. The first-order valence-electron chi connectivity index (χ1n) is 8.58. The van der Waals surface area contributed by atoms with Crippen LogP contribution >= 0.6 is 0 Å². The summed E-state index contributed by atoms with van der Waals surface area (Å²) >= 11 is 0. The molecular weight excluding hydrogens is 336 g/mol. The number of hydrogen-bond acceptors (Lipinski definition) is 5. The van der Waals surface area contributed by atoms with E-state index in [9.17, 15) is 19.2 Å². The molecule has 3 rings (SSSR count). The molecule has 3 amide bonds. The Bertz CT molecular complexity index is 809. The molecule has 0 spiro atoms. The second-order valence-electron chi connectivity index (χ2n) is 7.56. The van der Waals surface area contributed by atoms with E-state index in [0.29, 0.717) is 24.9 Å². The zero-order chi connectivity index (χ0) is 19.2. The van der Waals surface area contributed by atoms with Crippen molar-refractivity contribution in [3.8, 4) is 0 Å². The van der Waals surface area contributed by atoms with E-state index in [1.807, 2.05) is 0 Å². The molecule has 0 aromatic heterocycles. The second-order valence-corrected chi connectivity index (χ2v) is 7.56. The first-order valence-corrected chi connectivity index (χ1v) is 8.58. The first kappa shape index (κ1) is 18.1. The minimum atomic E-state index is -0.651. The van der Waals surface area contributed by atoms with Gasteiger partial charge in [-0.05, 0) is 51.8 Å². The van der Waals surface area contributed by atoms with Gasteiger partial charge in [-0.2, -0.15) is 0 Å². The van der Waals surface area contributed by atoms with Gasteiger partial charge < -0.3 is 9.64 Å². The number of rotatable bonds is 2. The van der Waals surface area contributed by atoms with Crippen LogP contribution in [0.5, 0.6) is 0 Å². The van der Waals surface area contributed by atoms with Gasteiger partial charge in [-0.3, -0.25) is 19.3 Å². The SMILES string of the molecule is COC(=O)C1CCCN1C(=O)c1ccc2c(c1)C(=O)N(C(C)(C)C)C2=O. The van der Waals surface area contributed by atoms with E-state index < -0.39 is 23.5 Å². The number of carbonyl (C=O) groups excluding carboxylic acids is 4. The maximum absolute atomic E-state index is 12.9. The van der Waals surface area contributed by atoms with Crippen molar-refractivity contribution >= 4 is 23.7 Å². The van der Waals surface area contributed by atoms with Gasteiger partial charge in [-0.25, -0.2) is 4.79 Å². The van der Waals surface area contributed by atoms with Gasteiger partial charge in [0.15, 0.2) is 0 Å². The number of fused-ring (bicyclic) bond motifs is 1. The quantitative estimate of drug-likeness (QED) is 0.595. The molecule has 1 saturated heterocycles. The Labute approximate surface area is 151 Å². The molecule has 2 aliphatic rings. The largest absolute Gasteiger partial charge is 0.467 e. The van der Waals surface area contributed by atoms with Crippen molar-refractivity contribution in [2.24, 2.45) is 0 Å². The number of methoxy groups -OCH3 is 1. The van der Waals surface area contributed by atoms with Crippen LogP contribution < -0.4 is 0 Å². The molecule has 138 valence electrons. The van der Waals surface area contributed by atoms with Crippen LogP contribution in [0.1, 0.15) is 64.7 Å². The number of benzene rings is 1. The molecule has 1 unspecified atom stereocenters. The highest BCUT2D eigenvalue weighted by Crippen LogP contribution is 2.30. The average Bonchev–Trinajstić information content (AvgIpc) is 3.16. The van der Waals surface area contributed by atoms with Gasteiger partial charge in [0, 0.05) is 17.6 Å². The van der Waals surface area contributed by atoms with Crippen molar-refractivity contribution in [2.45, 2.75) is 45.2 Å². The second kappa shape index (κ2) is 6.23. The maximum atomic E-state index is 12.9. The van der Waals surface area contributed by atoms with E-state index in [4.69, 9.17) is 4.74 Å². The van der Waals surface area contributed by atoms with E-state index >= 15 is 0 Å². The van der Waals surface area contributed by atoms with Crippen molar-refractivity contribution < 1.29 is 23.9 Å². The van der Waals surface area contributed by atoms with Gasteiger partial charge >= 0.3 is 5.97 Å². The Hall–Kier alpha value is -2.70. The number of esters is 1. The monoisotopic (exact) mass is 358 g/mol. The molecule has 1 aromatic carbocycles. The molecule has 1 atom stereocenters. The van der Waals surface area contributed by atoms with E-state index in [2.05, 4.69) is 0 Å². The van der Waals surface area contributed by atoms with Gasteiger partial charge in [0.1, 0.15) is 6.04 Å². The molecule has 1 fully saturated rings. The smallest absolute Gasteiger partial charge is 0.328 e. The Morgan fingerprint density at radius 3 is 2.38 bits per heavy atom. The fourth-order valence-corrected chi connectivity index (χ4v) is 3.54. The zero-order valence-corrected chi connectivity index (χ0v) is 15.4. The lowest BCUT2D eigenvalue weighted by Crippen LogP contribution is -2.45. The van der Waals surface area contributed by atoms with Crippen LogP contribution in [0.3, 0.4) is 0 Å². The summed E-state index contributed by atoms with van der Waals surface area (Å²) in [6, 6.07) is 3.89. The van der Waals surface area contributed by atoms with Crippen LogP contribution in [0.15, 0.2) is 18.2 Å². The Morgan fingerprint density at radius 1 is 1.12 bits per heavy atom. The predicted molar refractivity (Wildman–Crippen MR) is 92.8 cm³/mol. The fraction of sp³-hybridized carbons (Fsp3) is 0.474. The van der Waals surface area contributed by atoms with Crippen molar-refractivity contribution in [1.82, 2.24) is 9.80 Å². The molecule has 0 N–H and O–H groups in total. The molecule has 0 saturated carbocycles. The number of ether oxygens (including phenoxy) is 1. The summed E-state index contributed by atoms with van der Waals surface area (Å²) in [6.07, 6.45) is 1.27. The average molecular weight is 358 g/mol. The lowest BCUT2D eigenvalue weighted by molar-refractivity contribution is -0.145. The highest BCUT2D eigenvalue weighted by Gasteiger charge is 2.42. The van der Waals surface area contributed by atoms with Crippen LogP contribution in [0.2, 0.25) is 0 Å². The molecule has 0 bridgehead atoms. The number of amides is 3. The van der Waals surface area contributed by atoms with Crippen molar-refractivity contribution in [3.05, 3.63) is 34.9 Å². The van der Waals surface area contributed by atoms with E-state index in [1.54, 1.807) is 20.8 Å². The minimum absolute atomic E-state index is 0.226. The Morgan fingerprint density at radius 2 is 1.77 bits per heavy atom. The standard InChI is InChI=1S/C19H22N2O5/c1-19(2,3)21-16(23)12-8-7-11(10-13(12)17(21)24)15(22)20-9-5-6-14(20)18(25)26-4/h7-8,10,14H,5-6,9H2,1-4H3. The molecule has 7 nitrogen and oxygen atoms in total. The molecular formula is C19H22N2O5. The summed E-state index contributed by atoms with van der Waals surface area (Å²) in [6.45, 7) is 5.81. The van der Waals surface area contributed by atoms with Crippen molar-refractivity contribution in [2.75, 3.05) is 13.7 Å². The Balaban J connectivity index is 1.93. The van der Waals surface area contributed by atoms with Gasteiger partial charge in [0.05, 0.1) is 18.2 Å². The molecule has 0 radical (unpaired) electrons. The lowest BCUT2D eigenvalue weighted by Gasteiger charge is -2.29. The number of carbonyl (C=O) groups is 4. The highest BCUT2D eigenvalue weighted by atomic mass is 16.5. The van der Waals surface area contributed by atoms with Crippen LogP contribution in [-0.2, 0) is 9.53 Å². The van der Waals surface area contributed by atoms with Crippen LogP contribution in [0.4, 0.5) is 0 Å². The third-order valence-electron chi connectivity index (χ3n) is 4.79. The van der Waals surface area contributed by atoms with Crippen molar-refractivity contribution in [1.29, 1.82) is 0 Å². The molecule has 26 heavy (non-hydrogen) atoms. The molecule has 1 aromatic rings. The number of likely N-dealkylation sites (tertiary alicyclic amines) is 1. The van der Waals surface area contributed by atoms with Gasteiger partial charge in [0.2, 0.25) is 0 Å². The van der Waals surface area contributed by atoms with Gasteiger partial charge in [0.25, 0.3) is 17.7 Å². The molecule has 7 heteroatoms. The normalized spacial score (nSPS) is 19.8. The van der Waals surface area contributed by atoms with Crippen LogP contribution in [-0.4, -0.2) is 58.7 Å². The summed E-state index contributed by atoms with van der Waals surface area (Å²) in [5, 5.41) is 0.